The van der Waals surface area contributed by atoms with Gasteiger partial charge in [-0.15, -0.1) is 0 Å². The van der Waals surface area contributed by atoms with Crippen LogP contribution in [-0.4, -0.2) is 24.0 Å². The van der Waals surface area contributed by atoms with Gasteiger partial charge in [-0.3, -0.25) is 4.79 Å². The summed E-state index contributed by atoms with van der Waals surface area (Å²) >= 11 is 1.96. The van der Waals surface area contributed by atoms with Crippen molar-refractivity contribution >= 4 is 23.4 Å². The number of thioether (sulfide) groups is 1. The topological polar surface area (TPSA) is 55.1 Å². The van der Waals surface area contributed by atoms with Crippen molar-refractivity contribution in [3.05, 3.63) is 29.1 Å². The zero-order valence-electron chi connectivity index (χ0n) is 11.0. The van der Waals surface area contributed by atoms with Gasteiger partial charge < -0.3 is 11.1 Å². The highest BCUT2D eigenvalue weighted by molar-refractivity contribution is 7.99. The van der Waals surface area contributed by atoms with Crippen LogP contribution in [0.15, 0.2) is 12.1 Å². The van der Waals surface area contributed by atoms with Gasteiger partial charge in [0.1, 0.15) is 5.82 Å². The lowest BCUT2D eigenvalue weighted by Gasteiger charge is -2.21. The van der Waals surface area contributed by atoms with E-state index in [0.29, 0.717) is 29.3 Å². The minimum absolute atomic E-state index is 0.246. The van der Waals surface area contributed by atoms with Crippen molar-refractivity contribution in [2.24, 2.45) is 5.92 Å². The lowest BCUT2D eigenvalue weighted by Crippen LogP contribution is -2.31. The number of nitrogens with one attached hydrogen (secondary N) is 1. The van der Waals surface area contributed by atoms with Crippen molar-refractivity contribution in [1.29, 1.82) is 0 Å². The third-order valence-electron chi connectivity index (χ3n) is 3.54. The van der Waals surface area contributed by atoms with E-state index in [2.05, 4.69) is 5.32 Å². The third-order valence-corrected chi connectivity index (χ3v) is 4.59. The molecule has 2 rings (SSSR count). The van der Waals surface area contributed by atoms with E-state index in [-0.39, 0.29) is 5.91 Å². The number of nitrogen functional groups attached to an aromatic ring is 1. The predicted octanol–water partition coefficient (Wildman–Crippen LogP) is 2.59. The van der Waals surface area contributed by atoms with E-state index < -0.39 is 5.82 Å². The number of amides is 1. The summed E-state index contributed by atoms with van der Waals surface area (Å²) in [5.41, 5.74) is 6.68. The predicted molar refractivity (Wildman–Crippen MR) is 77.9 cm³/mol. The monoisotopic (exact) mass is 282 g/mol. The van der Waals surface area contributed by atoms with Crippen molar-refractivity contribution in [3.63, 3.8) is 0 Å². The summed E-state index contributed by atoms with van der Waals surface area (Å²) in [6, 6.07) is 2.78. The van der Waals surface area contributed by atoms with E-state index in [1.807, 2.05) is 11.8 Å². The molecule has 0 atom stereocenters. The number of hydrogen-bond acceptors (Lipinski definition) is 3. The molecule has 0 bridgehead atoms. The van der Waals surface area contributed by atoms with E-state index in [1.165, 1.54) is 12.1 Å². The average Bonchev–Trinajstić information content (AvgIpc) is 2.42. The summed E-state index contributed by atoms with van der Waals surface area (Å²) in [6.07, 6.45) is 2.27. The van der Waals surface area contributed by atoms with Crippen LogP contribution in [0, 0.1) is 18.7 Å². The highest BCUT2D eigenvalue weighted by Gasteiger charge is 2.16. The van der Waals surface area contributed by atoms with Crippen LogP contribution < -0.4 is 11.1 Å². The minimum atomic E-state index is -0.431. The van der Waals surface area contributed by atoms with Crippen LogP contribution >= 0.6 is 11.8 Å². The van der Waals surface area contributed by atoms with E-state index >= 15 is 0 Å². The van der Waals surface area contributed by atoms with Crippen LogP contribution in [0.1, 0.15) is 28.8 Å². The molecule has 5 heteroatoms. The second-order valence-corrected chi connectivity index (χ2v) is 6.16. The molecule has 0 radical (unpaired) electrons. The van der Waals surface area contributed by atoms with Crippen LogP contribution in [0.3, 0.4) is 0 Å². The Hall–Kier alpha value is -1.23. The first-order chi connectivity index (χ1) is 9.08. The number of nitrogens with two attached hydrogens (primary N) is 1. The molecule has 104 valence electrons. The quantitative estimate of drug-likeness (QED) is 0.838. The van der Waals surface area contributed by atoms with Crippen LogP contribution in [-0.2, 0) is 0 Å². The molecule has 1 amide bonds. The summed E-state index contributed by atoms with van der Waals surface area (Å²) in [5, 5.41) is 2.87. The molecule has 0 aromatic heterocycles. The molecule has 0 spiro atoms. The molecule has 1 aliphatic heterocycles. The molecule has 1 aliphatic rings. The second kappa shape index (κ2) is 6.28. The van der Waals surface area contributed by atoms with Gasteiger partial charge in [-0.25, -0.2) is 4.39 Å². The number of carbonyl (C=O) groups is 1. The Morgan fingerprint density at radius 3 is 2.79 bits per heavy atom. The molecule has 1 aromatic rings. The Morgan fingerprint density at radius 1 is 1.47 bits per heavy atom. The Balaban J connectivity index is 1.96. The number of carbonyl (C=O) groups excluding carboxylic acids is 1. The molecule has 0 aliphatic carbocycles. The van der Waals surface area contributed by atoms with E-state index in [9.17, 15) is 9.18 Å². The first-order valence-corrected chi connectivity index (χ1v) is 7.65. The Bertz CT molecular complexity index is 450. The normalized spacial score (nSPS) is 16.3. The zero-order valence-corrected chi connectivity index (χ0v) is 11.9. The van der Waals surface area contributed by atoms with Crippen molar-refractivity contribution in [2.45, 2.75) is 19.8 Å². The van der Waals surface area contributed by atoms with Gasteiger partial charge in [-0.1, -0.05) is 0 Å². The van der Waals surface area contributed by atoms with Crippen molar-refractivity contribution in [2.75, 3.05) is 23.8 Å². The number of hydrogen-bond donors (Lipinski definition) is 2. The number of halogens is 1. The first-order valence-electron chi connectivity index (χ1n) is 6.49. The molecule has 3 N–H and O–H groups in total. The lowest BCUT2D eigenvalue weighted by atomic mass is 10.0. The average molecular weight is 282 g/mol. The van der Waals surface area contributed by atoms with Crippen molar-refractivity contribution in [3.8, 4) is 0 Å². The smallest absolute Gasteiger partial charge is 0.251 e. The number of anilines is 1. The van der Waals surface area contributed by atoms with Gasteiger partial charge in [0, 0.05) is 23.4 Å². The standard InChI is InChI=1S/C14H19FN2OS/c1-9-12(15)6-11(7-13(9)16)14(18)17-8-10-2-4-19-5-3-10/h6-7,10H,2-5,8,16H2,1H3,(H,17,18). The van der Waals surface area contributed by atoms with E-state index in [1.54, 1.807) is 6.92 Å². The molecule has 1 saturated heterocycles. The second-order valence-electron chi connectivity index (χ2n) is 4.94. The Morgan fingerprint density at radius 2 is 2.16 bits per heavy atom. The molecule has 1 heterocycles. The van der Waals surface area contributed by atoms with Crippen LogP contribution in [0.2, 0.25) is 0 Å². The minimum Gasteiger partial charge on any atom is -0.398 e. The molecule has 1 aromatic carbocycles. The molecule has 3 nitrogen and oxygen atoms in total. The highest BCUT2D eigenvalue weighted by atomic mass is 32.2. The highest BCUT2D eigenvalue weighted by Crippen LogP contribution is 2.22. The summed E-state index contributed by atoms with van der Waals surface area (Å²) in [5.74, 6) is 2.18. The van der Waals surface area contributed by atoms with E-state index in [4.69, 9.17) is 5.73 Å². The summed E-state index contributed by atoms with van der Waals surface area (Å²) in [6.45, 7) is 2.26. The fourth-order valence-electron chi connectivity index (χ4n) is 2.12. The summed E-state index contributed by atoms with van der Waals surface area (Å²) < 4.78 is 13.5. The third kappa shape index (κ3) is 3.62. The largest absolute Gasteiger partial charge is 0.398 e. The fourth-order valence-corrected chi connectivity index (χ4v) is 3.32. The SMILES string of the molecule is Cc1c(N)cc(C(=O)NCC2CCSCC2)cc1F. The van der Waals surface area contributed by atoms with Gasteiger partial charge in [0.2, 0.25) is 0 Å². The maximum absolute atomic E-state index is 13.5. The molecule has 0 unspecified atom stereocenters. The number of benzene rings is 1. The zero-order chi connectivity index (χ0) is 13.8. The van der Waals surface area contributed by atoms with Crippen molar-refractivity contribution < 1.29 is 9.18 Å². The summed E-state index contributed by atoms with van der Waals surface area (Å²) in [4.78, 5) is 12.0. The maximum atomic E-state index is 13.5. The van der Waals surface area contributed by atoms with E-state index in [0.717, 1.165) is 24.3 Å². The molecular formula is C14H19FN2OS. The van der Waals surface area contributed by atoms with Gasteiger partial charge >= 0.3 is 0 Å². The van der Waals surface area contributed by atoms with Crippen LogP contribution in [0.4, 0.5) is 10.1 Å². The van der Waals surface area contributed by atoms with Crippen LogP contribution in [0.5, 0.6) is 0 Å². The van der Waals surface area contributed by atoms with Gasteiger partial charge in [0.05, 0.1) is 0 Å². The van der Waals surface area contributed by atoms with Crippen LogP contribution in [0.25, 0.3) is 0 Å². The molecule has 1 fully saturated rings. The summed E-state index contributed by atoms with van der Waals surface area (Å²) in [7, 11) is 0. The fraction of sp³-hybridized carbons (Fsp3) is 0.500. The first kappa shape index (κ1) is 14.2. The Labute approximate surface area is 117 Å². The van der Waals surface area contributed by atoms with Gasteiger partial charge in [-0.05, 0) is 49.3 Å². The maximum Gasteiger partial charge on any atom is 0.251 e. The molecule has 0 saturated carbocycles. The van der Waals surface area contributed by atoms with Gasteiger partial charge in [0.25, 0.3) is 5.91 Å². The van der Waals surface area contributed by atoms with Crippen molar-refractivity contribution in [1.82, 2.24) is 5.32 Å². The Kier molecular flexibility index (Phi) is 4.69. The molecule has 19 heavy (non-hydrogen) atoms. The number of rotatable bonds is 3. The van der Waals surface area contributed by atoms with Gasteiger partial charge in [-0.2, -0.15) is 11.8 Å². The molecular weight excluding hydrogens is 263 g/mol. The lowest BCUT2D eigenvalue weighted by molar-refractivity contribution is 0.0946. The van der Waals surface area contributed by atoms with Gasteiger partial charge in [0.15, 0.2) is 0 Å².